The van der Waals surface area contributed by atoms with Crippen LogP contribution in [0.25, 0.3) is 5.65 Å². The zero-order valence-corrected chi connectivity index (χ0v) is 11.3. The maximum Gasteiger partial charge on any atom is 0.293 e. The van der Waals surface area contributed by atoms with Crippen molar-refractivity contribution in [2.75, 3.05) is 0 Å². The van der Waals surface area contributed by atoms with Crippen molar-refractivity contribution in [1.29, 1.82) is 0 Å². The van der Waals surface area contributed by atoms with Gasteiger partial charge in [0, 0.05) is 25.1 Å². The first-order valence-electron chi connectivity index (χ1n) is 6.42. The van der Waals surface area contributed by atoms with Gasteiger partial charge in [-0.3, -0.25) is 18.7 Å². The number of carbonyl (C=O) groups excluding carboxylic acids is 1. The molecule has 0 unspecified atom stereocenters. The summed E-state index contributed by atoms with van der Waals surface area (Å²) < 4.78 is 3.14. The van der Waals surface area contributed by atoms with Crippen LogP contribution in [0.15, 0.2) is 29.5 Å². The first kappa shape index (κ1) is 13.0. The predicted molar refractivity (Wildman–Crippen MR) is 72.7 cm³/mol. The van der Waals surface area contributed by atoms with E-state index < -0.39 is 0 Å². The van der Waals surface area contributed by atoms with Gasteiger partial charge in [0.2, 0.25) is 5.65 Å². The third-order valence-corrected chi connectivity index (χ3v) is 3.06. The molecule has 0 aliphatic heterocycles. The van der Waals surface area contributed by atoms with E-state index in [1.54, 1.807) is 23.1 Å². The molecule has 108 valence electrons. The van der Waals surface area contributed by atoms with Crippen molar-refractivity contribution in [2.45, 2.75) is 20.0 Å². The average Bonchev–Trinajstić information content (AvgIpc) is 3.12. The highest BCUT2D eigenvalue weighted by Gasteiger charge is 2.13. The van der Waals surface area contributed by atoms with E-state index in [0.717, 1.165) is 0 Å². The Kier molecular flexibility index (Phi) is 3.22. The summed E-state index contributed by atoms with van der Waals surface area (Å²) in [5.41, 5.74) is 0.344. The molecule has 0 fully saturated rings. The van der Waals surface area contributed by atoms with Gasteiger partial charge in [0.15, 0.2) is 5.82 Å². The summed E-state index contributed by atoms with van der Waals surface area (Å²) >= 11 is 0. The quantitative estimate of drug-likeness (QED) is 0.676. The highest BCUT2D eigenvalue weighted by Crippen LogP contribution is 2.01. The van der Waals surface area contributed by atoms with E-state index in [0.29, 0.717) is 18.1 Å². The molecule has 0 aliphatic rings. The second-order valence-corrected chi connectivity index (χ2v) is 4.31. The lowest BCUT2D eigenvalue weighted by molar-refractivity contribution is 0.0939. The van der Waals surface area contributed by atoms with Gasteiger partial charge in [-0.1, -0.05) is 0 Å². The van der Waals surface area contributed by atoms with E-state index in [-0.39, 0.29) is 23.7 Å². The summed E-state index contributed by atoms with van der Waals surface area (Å²) in [5.74, 6) is 0.225. The molecule has 3 aromatic rings. The van der Waals surface area contributed by atoms with Crippen LogP contribution in [-0.4, -0.2) is 35.3 Å². The Bertz CT molecular complexity index is 845. The number of hydrogen-bond acceptors (Lipinski definition) is 5. The van der Waals surface area contributed by atoms with Gasteiger partial charge in [-0.05, 0) is 13.0 Å². The number of aromatic nitrogens is 6. The van der Waals surface area contributed by atoms with Crippen LogP contribution in [-0.2, 0) is 13.1 Å². The zero-order chi connectivity index (χ0) is 14.8. The molecule has 0 saturated carbocycles. The molecule has 9 nitrogen and oxygen atoms in total. The minimum absolute atomic E-state index is 0.165. The first-order chi connectivity index (χ1) is 10.2. The summed E-state index contributed by atoms with van der Waals surface area (Å²) in [4.78, 5) is 26.1. The highest BCUT2D eigenvalue weighted by molar-refractivity contribution is 5.92. The zero-order valence-electron chi connectivity index (χ0n) is 11.3. The number of fused-ring (bicyclic) bond motifs is 1. The van der Waals surface area contributed by atoms with Crippen LogP contribution >= 0.6 is 0 Å². The summed E-state index contributed by atoms with van der Waals surface area (Å²) in [7, 11) is 0. The minimum Gasteiger partial charge on any atom is -0.343 e. The van der Waals surface area contributed by atoms with Gasteiger partial charge < -0.3 is 10.3 Å². The van der Waals surface area contributed by atoms with Crippen molar-refractivity contribution < 1.29 is 4.79 Å². The van der Waals surface area contributed by atoms with Crippen LogP contribution in [0.3, 0.4) is 0 Å². The van der Waals surface area contributed by atoms with E-state index in [4.69, 9.17) is 0 Å². The maximum absolute atomic E-state index is 12.1. The molecule has 3 heterocycles. The van der Waals surface area contributed by atoms with Crippen LogP contribution < -0.4 is 10.9 Å². The number of aromatic amines is 1. The van der Waals surface area contributed by atoms with Crippen molar-refractivity contribution in [3.8, 4) is 0 Å². The molecule has 0 atom stereocenters. The van der Waals surface area contributed by atoms with Gasteiger partial charge in [0.05, 0.1) is 6.54 Å². The van der Waals surface area contributed by atoms with Crippen LogP contribution in [0.5, 0.6) is 0 Å². The number of aryl methyl sites for hydroxylation is 1. The van der Waals surface area contributed by atoms with Gasteiger partial charge in [-0.15, -0.1) is 10.2 Å². The van der Waals surface area contributed by atoms with E-state index in [9.17, 15) is 9.59 Å². The lowest BCUT2D eigenvalue weighted by Gasteiger charge is -2.05. The SMILES string of the molecule is CCn1nccc1C(=O)NCc1nnc2c(=O)[nH]ccn12. The second kappa shape index (κ2) is 5.19. The molecule has 0 aliphatic carbocycles. The van der Waals surface area contributed by atoms with Crippen molar-refractivity contribution in [2.24, 2.45) is 0 Å². The van der Waals surface area contributed by atoms with E-state index in [1.165, 1.54) is 10.6 Å². The van der Waals surface area contributed by atoms with Gasteiger partial charge in [0.1, 0.15) is 5.69 Å². The lowest BCUT2D eigenvalue weighted by Crippen LogP contribution is -2.26. The monoisotopic (exact) mass is 287 g/mol. The van der Waals surface area contributed by atoms with Gasteiger partial charge in [-0.25, -0.2) is 0 Å². The predicted octanol–water partition coefficient (Wildman–Crippen LogP) is -0.436. The number of nitrogens with one attached hydrogen (secondary N) is 2. The van der Waals surface area contributed by atoms with E-state index in [2.05, 4.69) is 25.6 Å². The summed E-state index contributed by atoms with van der Waals surface area (Å²) in [6, 6.07) is 1.64. The van der Waals surface area contributed by atoms with Crippen LogP contribution in [0.4, 0.5) is 0 Å². The van der Waals surface area contributed by atoms with Gasteiger partial charge in [0.25, 0.3) is 11.5 Å². The summed E-state index contributed by atoms with van der Waals surface area (Å²) in [6.45, 7) is 2.68. The second-order valence-electron chi connectivity index (χ2n) is 4.31. The molecule has 0 aromatic carbocycles. The molecule has 2 N–H and O–H groups in total. The molecule has 9 heteroatoms. The van der Waals surface area contributed by atoms with Crippen molar-refractivity contribution >= 4 is 11.6 Å². The third kappa shape index (κ3) is 2.29. The maximum atomic E-state index is 12.1. The molecule has 0 bridgehead atoms. The molecule has 0 radical (unpaired) electrons. The Morgan fingerprint density at radius 1 is 1.43 bits per heavy atom. The molecule has 21 heavy (non-hydrogen) atoms. The minimum atomic E-state index is -0.327. The molecule has 3 rings (SSSR count). The van der Waals surface area contributed by atoms with Crippen molar-refractivity contribution in [3.05, 3.63) is 46.5 Å². The highest BCUT2D eigenvalue weighted by atomic mass is 16.2. The summed E-state index contributed by atoms with van der Waals surface area (Å²) in [5, 5.41) is 14.5. The Morgan fingerprint density at radius 2 is 2.29 bits per heavy atom. The smallest absolute Gasteiger partial charge is 0.293 e. The van der Waals surface area contributed by atoms with Crippen LogP contribution in [0.1, 0.15) is 23.2 Å². The van der Waals surface area contributed by atoms with Crippen LogP contribution in [0, 0.1) is 0 Å². The van der Waals surface area contributed by atoms with E-state index >= 15 is 0 Å². The Hall–Kier alpha value is -2.97. The molecule has 1 amide bonds. The number of carbonyl (C=O) groups is 1. The number of H-pyrrole nitrogens is 1. The van der Waals surface area contributed by atoms with Crippen molar-refractivity contribution in [1.82, 2.24) is 34.7 Å². The molecule has 0 saturated heterocycles. The normalized spacial score (nSPS) is 10.9. The Balaban J connectivity index is 1.79. The fourth-order valence-corrected chi connectivity index (χ4v) is 2.04. The number of nitrogens with zero attached hydrogens (tertiary/aromatic N) is 5. The molecular formula is C12H13N7O2. The topological polar surface area (TPSA) is 110 Å². The van der Waals surface area contributed by atoms with Gasteiger partial charge >= 0.3 is 0 Å². The molecule has 0 spiro atoms. The summed E-state index contributed by atoms with van der Waals surface area (Å²) in [6.07, 6.45) is 4.70. The van der Waals surface area contributed by atoms with E-state index in [1.807, 2.05) is 6.92 Å². The standard InChI is InChI=1S/C12H13N7O2/c1-2-19-8(3-4-15-19)11(20)14-7-9-16-17-10-12(21)13-5-6-18(9)10/h3-6H,2,7H2,1H3,(H,13,21)(H,14,20). The largest absolute Gasteiger partial charge is 0.343 e. The lowest BCUT2D eigenvalue weighted by atomic mass is 10.4. The van der Waals surface area contributed by atoms with Crippen LogP contribution in [0.2, 0.25) is 0 Å². The molecular weight excluding hydrogens is 274 g/mol. The average molecular weight is 287 g/mol. The third-order valence-electron chi connectivity index (χ3n) is 3.06. The Labute approximate surface area is 118 Å². The fraction of sp³-hybridized carbons (Fsp3) is 0.250. The Morgan fingerprint density at radius 3 is 3.10 bits per heavy atom. The number of rotatable bonds is 4. The first-order valence-corrected chi connectivity index (χ1v) is 6.42. The fourth-order valence-electron chi connectivity index (χ4n) is 2.04. The van der Waals surface area contributed by atoms with Crippen molar-refractivity contribution in [3.63, 3.8) is 0 Å². The number of hydrogen-bond donors (Lipinski definition) is 2. The number of amides is 1. The molecule has 3 aromatic heterocycles. The van der Waals surface area contributed by atoms with Gasteiger partial charge in [-0.2, -0.15) is 5.10 Å².